The summed E-state index contributed by atoms with van der Waals surface area (Å²) in [5, 5.41) is 2.51. The van der Waals surface area contributed by atoms with Crippen molar-refractivity contribution in [2.75, 3.05) is 20.3 Å². The van der Waals surface area contributed by atoms with Gasteiger partial charge in [-0.2, -0.15) is 0 Å². The summed E-state index contributed by atoms with van der Waals surface area (Å²) in [6, 6.07) is 6.98. The van der Waals surface area contributed by atoms with Gasteiger partial charge in [0, 0.05) is 12.5 Å². The maximum atomic E-state index is 12.5. The van der Waals surface area contributed by atoms with Crippen molar-refractivity contribution < 1.29 is 28.5 Å². The van der Waals surface area contributed by atoms with Gasteiger partial charge in [0.1, 0.15) is 23.5 Å². The zero-order chi connectivity index (χ0) is 22.7. The minimum atomic E-state index is -0.819. The van der Waals surface area contributed by atoms with E-state index in [1.165, 1.54) is 0 Å². The Bertz CT molecular complexity index is 653. The van der Waals surface area contributed by atoms with Gasteiger partial charge in [-0.05, 0) is 65.2 Å². The van der Waals surface area contributed by atoms with E-state index in [0.29, 0.717) is 19.6 Å². The molecule has 30 heavy (non-hydrogen) atoms. The molecular weight excluding hydrogens is 386 g/mol. The van der Waals surface area contributed by atoms with E-state index in [0.717, 1.165) is 17.7 Å². The summed E-state index contributed by atoms with van der Waals surface area (Å²) >= 11 is 0. The van der Waals surface area contributed by atoms with Crippen LogP contribution in [0, 0.1) is 5.92 Å². The quantitative estimate of drug-likeness (QED) is 0.426. The van der Waals surface area contributed by atoms with Crippen LogP contribution in [0.4, 0.5) is 4.79 Å². The molecule has 0 radical (unpaired) electrons. The molecule has 0 spiro atoms. The molecule has 0 heterocycles. The molecule has 0 saturated carbocycles. The predicted molar refractivity (Wildman–Crippen MR) is 116 cm³/mol. The molecule has 0 aliphatic carbocycles. The molecule has 1 N–H and O–H groups in total. The average molecular weight is 424 g/mol. The Kier molecular flexibility index (Phi) is 10.7. The average Bonchev–Trinajstić information content (AvgIpc) is 2.66. The molecule has 1 amide bonds. The topological polar surface area (TPSA) is 83.1 Å². The number of hydrogen-bond acceptors (Lipinski definition) is 6. The maximum Gasteiger partial charge on any atom is 0.408 e. The number of benzene rings is 1. The van der Waals surface area contributed by atoms with Crippen LogP contribution < -0.4 is 10.1 Å². The first-order chi connectivity index (χ1) is 14.1. The van der Waals surface area contributed by atoms with Crippen LogP contribution in [0.25, 0.3) is 0 Å². The minimum absolute atomic E-state index is 0.0254. The van der Waals surface area contributed by atoms with Crippen molar-refractivity contribution in [3.05, 3.63) is 29.8 Å². The van der Waals surface area contributed by atoms with Crippen molar-refractivity contribution in [3.8, 4) is 5.75 Å². The third kappa shape index (κ3) is 9.96. The standard InChI is InChI=1S/C23H37NO6/c1-8-13-28-15-19(14-18-9-11-20(27-7)12-10-18)17(3)29-21(25)16(2)24-22(26)30-23(4,5)6/h9-12,16-17,19H,8,13-15H2,1-7H3,(H,24,26)/t16-,17-,19+/m0/s1. The first-order valence-corrected chi connectivity index (χ1v) is 10.5. The van der Waals surface area contributed by atoms with Gasteiger partial charge in [0.15, 0.2) is 0 Å². The van der Waals surface area contributed by atoms with Gasteiger partial charge in [0.2, 0.25) is 0 Å². The molecule has 0 unspecified atom stereocenters. The first-order valence-electron chi connectivity index (χ1n) is 10.5. The molecular formula is C23H37NO6. The number of amides is 1. The van der Waals surface area contributed by atoms with Crippen molar-refractivity contribution in [1.29, 1.82) is 0 Å². The number of hydrogen-bond donors (Lipinski definition) is 1. The smallest absolute Gasteiger partial charge is 0.408 e. The second-order valence-electron chi connectivity index (χ2n) is 8.40. The minimum Gasteiger partial charge on any atom is -0.497 e. The van der Waals surface area contributed by atoms with Crippen molar-refractivity contribution >= 4 is 12.1 Å². The highest BCUT2D eigenvalue weighted by molar-refractivity contribution is 5.81. The molecule has 0 saturated heterocycles. The lowest BCUT2D eigenvalue weighted by atomic mass is 9.95. The SMILES string of the molecule is CCCOC[C@@H](Cc1ccc(OC)cc1)[C@H](C)OC(=O)[C@H](C)NC(=O)OC(C)(C)C. The fraction of sp³-hybridized carbons (Fsp3) is 0.652. The molecule has 0 aromatic heterocycles. The molecule has 1 aromatic carbocycles. The van der Waals surface area contributed by atoms with Crippen molar-refractivity contribution in [2.45, 2.75) is 72.1 Å². The number of carbonyl (C=O) groups is 2. The summed E-state index contributed by atoms with van der Waals surface area (Å²) in [5.74, 6) is 0.255. The molecule has 0 fully saturated rings. The van der Waals surface area contributed by atoms with E-state index in [-0.39, 0.29) is 12.0 Å². The zero-order valence-corrected chi connectivity index (χ0v) is 19.3. The molecule has 3 atom stereocenters. The van der Waals surface area contributed by atoms with Gasteiger partial charge in [0.25, 0.3) is 0 Å². The fourth-order valence-electron chi connectivity index (χ4n) is 2.73. The van der Waals surface area contributed by atoms with E-state index in [1.807, 2.05) is 38.1 Å². The number of nitrogens with one attached hydrogen (secondary N) is 1. The Morgan fingerprint density at radius 1 is 1.10 bits per heavy atom. The number of carbonyl (C=O) groups excluding carboxylic acids is 2. The highest BCUT2D eigenvalue weighted by Crippen LogP contribution is 2.19. The summed E-state index contributed by atoms with van der Waals surface area (Å²) in [7, 11) is 1.63. The van der Waals surface area contributed by atoms with E-state index < -0.39 is 23.7 Å². The fourth-order valence-corrected chi connectivity index (χ4v) is 2.73. The van der Waals surface area contributed by atoms with E-state index in [1.54, 1.807) is 34.8 Å². The van der Waals surface area contributed by atoms with E-state index in [2.05, 4.69) is 5.32 Å². The molecule has 1 aromatic rings. The highest BCUT2D eigenvalue weighted by atomic mass is 16.6. The lowest BCUT2D eigenvalue weighted by Crippen LogP contribution is -2.44. The summed E-state index contributed by atoms with van der Waals surface area (Å²) in [5.41, 5.74) is 0.463. The summed E-state index contributed by atoms with van der Waals surface area (Å²) < 4.78 is 21.8. The Balaban J connectivity index is 2.71. The lowest BCUT2D eigenvalue weighted by molar-refractivity contribution is -0.154. The summed E-state index contributed by atoms with van der Waals surface area (Å²) in [6.07, 6.45) is 0.566. The van der Waals surface area contributed by atoms with Crippen LogP contribution in [0.1, 0.15) is 53.5 Å². The van der Waals surface area contributed by atoms with Crippen molar-refractivity contribution in [3.63, 3.8) is 0 Å². The number of esters is 1. The lowest BCUT2D eigenvalue weighted by Gasteiger charge is -2.26. The van der Waals surface area contributed by atoms with Gasteiger partial charge in [-0.15, -0.1) is 0 Å². The number of methoxy groups -OCH3 is 1. The van der Waals surface area contributed by atoms with Gasteiger partial charge in [-0.25, -0.2) is 9.59 Å². The molecule has 170 valence electrons. The van der Waals surface area contributed by atoms with Crippen LogP contribution in [0.2, 0.25) is 0 Å². The van der Waals surface area contributed by atoms with Gasteiger partial charge in [-0.1, -0.05) is 19.1 Å². The monoisotopic (exact) mass is 423 g/mol. The van der Waals surface area contributed by atoms with E-state index >= 15 is 0 Å². The van der Waals surface area contributed by atoms with Crippen LogP contribution in [-0.4, -0.2) is 50.1 Å². The summed E-state index contributed by atoms with van der Waals surface area (Å²) in [6.45, 7) is 11.9. The molecule has 1 rings (SSSR count). The Labute approximate surface area is 180 Å². The van der Waals surface area contributed by atoms with Gasteiger partial charge >= 0.3 is 12.1 Å². The van der Waals surface area contributed by atoms with Crippen LogP contribution in [-0.2, 0) is 25.4 Å². The van der Waals surface area contributed by atoms with E-state index in [9.17, 15) is 9.59 Å². The van der Waals surface area contributed by atoms with Gasteiger partial charge < -0.3 is 24.3 Å². The Hall–Kier alpha value is -2.28. The Morgan fingerprint density at radius 2 is 1.73 bits per heavy atom. The van der Waals surface area contributed by atoms with Gasteiger partial charge in [-0.3, -0.25) is 0 Å². The second kappa shape index (κ2) is 12.4. The third-order valence-corrected chi connectivity index (χ3v) is 4.39. The molecule has 0 bridgehead atoms. The molecule has 0 aliphatic heterocycles. The number of alkyl carbamates (subject to hydrolysis) is 1. The molecule has 0 aliphatic rings. The second-order valence-corrected chi connectivity index (χ2v) is 8.40. The van der Waals surface area contributed by atoms with Crippen LogP contribution in [0.5, 0.6) is 5.75 Å². The Morgan fingerprint density at radius 3 is 2.27 bits per heavy atom. The highest BCUT2D eigenvalue weighted by Gasteiger charge is 2.26. The number of ether oxygens (including phenoxy) is 4. The van der Waals surface area contributed by atoms with Crippen LogP contribution >= 0.6 is 0 Å². The van der Waals surface area contributed by atoms with Gasteiger partial charge in [0.05, 0.1) is 13.7 Å². The van der Waals surface area contributed by atoms with Crippen LogP contribution in [0.3, 0.4) is 0 Å². The van der Waals surface area contributed by atoms with Crippen LogP contribution in [0.15, 0.2) is 24.3 Å². The third-order valence-electron chi connectivity index (χ3n) is 4.39. The predicted octanol–water partition coefficient (Wildman–Crippen LogP) is 4.13. The number of rotatable bonds is 11. The molecule has 7 nitrogen and oxygen atoms in total. The molecule has 7 heteroatoms. The zero-order valence-electron chi connectivity index (χ0n) is 19.3. The first kappa shape index (κ1) is 25.8. The maximum absolute atomic E-state index is 12.5. The largest absolute Gasteiger partial charge is 0.497 e. The van der Waals surface area contributed by atoms with Crippen molar-refractivity contribution in [1.82, 2.24) is 5.32 Å². The normalized spacial score (nSPS) is 14.4. The van der Waals surface area contributed by atoms with E-state index in [4.69, 9.17) is 18.9 Å². The van der Waals surface area contributed by atoms with Crippen molar-refractivity contribution in [2.24, 2.45) is 5.92 Å². The summed E-state index contributed by atoms with van der Waals surface area (Å²) in [4.78, 5) is 24.4.